The van der Waals surface area contributed by atoms with Gasteiger partial charge in [-0.2, -0.15) is 0 Å². The summed E-state index contributed by atoms with van der Waals surface area (Å²) in [4.78, 5) is 19.3. The zero-order valence-electron chi connectivity index (χ0n) is 16.4. The van der Waals surface area contributed by atoms with Gasteiger partial charge in [0, 0.05) is 71.1 Å². The van der Waals surface area contributed by atoms with E-state index in [2.05, 4.69) is 25.3 Å². The molecule has 0 bridgehead atoms. The largest absolute Gasteiger partial charge is 0.369 e. The van der Waals surface area contributed by atoms with Crippen molar-refractivity contribution >= 4 is 36.4 Å². The molecule has 3 rings (SSSR count). The smallest absolute Gasteiger partial charge is 0.237 e. The molecule has 2 fully saturated rings. The minimum Gasteiger partial charge on any atom is -0.369 e. The minimum atomic E-state index is -0.210. The van der Waals surface area contributed by atoms with Crippen LogP contribution in [0.5, 0.6) is 0 Å². The number of hydrogen-bond acceptors (Lipinski definition) is 5. The molecule has 0 spiro atoms. The van der Waals surface area contributed by atoms with E-state index in [1.807, 2.05) is 19.1 Å². The highest BCUT2D eigenvalue weighted by Gasteiger charge is 2.25. The highest BCUT2D eigenvalue weighted by atomic mass is 35.5. The van der Waals surface area contributed by atoms with Crippen LogP contribution >= 0.6 is 24.8 Å². The SMILES string of the molecule is CC(C(=O)NCCN1CCNCC1)N1CCN(c2ccc(F)cc2)CC1.Cl.Cl. The zero-order chi connectivity index (χ0) is 18.4. The Balaban J connectivity index is 0.00000196. The van der Waals surface area contributed by atoms with E-state index in [1.165, 1.54) is 12.1 Å². The molecule has 0 aromatic heterocycles. The average Bonchev–Trinajstić information content (AvgIpc) is 2.69. The number of nitrogens with one attached hydrogen (secondary N) is 2. The van der Waals surface area contributed by atoms with Gasteiger partial charge in [-0.05, 0) is 31.2 Å². The van der Waals surface area contributed by atoms with Gasteiger partial charge in [-0.15, -0.1) is 24.8 Å². The third kappa shape index (κ3) is 7.04. The van der Waals surface area contributed by atoms with E-state index in [-0.39, 0.29) is 42.6 Å². The molecule has 2 saturated heterocycles. The first-order valence-corrected chi connectivity index (χ1v) is 9.59. The quantitative estimate of drug-likeness (QED) is 0.702. The van der Waals surface area contributed by atoms with Gasteiger partial charge < -0.3 is 15.5 Å². The molecule has 1 atom stereocenters. The van der Waals surface area contributed by atoms with Crippen LogP contribution in [-0.4, -0.2) is 87.2 Å². The molecule has 2 N–H and O–H groups in total. The molecule has 1 aromatic rings. The summed E-state index contributed by atoms with van der Waals surface area (Å²) in [6, 6.07) is 6.51. The van der Waals surface area contributed by atoms with Crippen LogP contribution in [0.25, 0.3) is 0 Å². The van der Waals surface area contributed by atoms with Crippen molar-refractivity contribution in [3.63, 3.8) is 0 Å². The van der Waals surface area contributed by atoms with Gasteiger partial charge in [0.1, 0.15) is 5.82 Å². The van der Waals surface area contributed by atoms with Crippen LogP contribution in [0.1, 0.15) is 6.92 Å². The van der Waals surface area contributed by atoms with Gasteiger partial charge in [-0.3, -0.25) is 14.6 Å². The van der Waals surface area contributed by atoms with Crippen molar-refractivity contribution in [3.8, 4) is 0 Å². The lowest BCUT2D eigenvalue weighted by Gasteiger charge is -2.38. The van der Waals surface area contributed by atoms with Crippen molar-refractivity contribution in [2.45, 2.75) is 13.0 Å². The molecule has 1 unspecified atom stereocenters. The summed E-state index contributed by atoms with van der Waals surface area (Å²) in [6.45, 7) is 11.1. The van der Waals surface area contributed by atoms with Crippen molar-refractivity contribution < 1.29 is 9.18 Å². The van der Waals surface area contributed by atoms with E-state index < -0.39 is 0 Å². The lowest BCUT2D eigenvalue weighted by atomic mass is 10.2. The molecule has 0 radical (unpaired) electrons. The summed E-state index contributed by atoms with van der Waals surface area (Å²) >= 11 is 0. The lowest BCUT2D eigenvalue weighted by molar-refractivity contribution is -0.126. The minimum absolute atomic E-state index is 0. The molecule has 2 heterocycles. The van der Waals surface area contributed by atoms with E-state index in [0.717, 1.165) is 64.6 Å². The number of piperazine rings is 2. The highest BCUT2D eigenvalue weighted by molar-refractivity contribution is 5.85. The molecule has 0 saturated carbocycles. The summed E-state index contributed by atoms with van der Waals surface area (Å²) < 4.78 is 13.1. The number of hydrogen-bond donors (Lipinski definition) is 2. The fourth-order valence-corrected chi connectivity index (χ4v) is 3.60. The van der Waals surface area contributed by atoms with E-state index in [1.54, 1.807) is 0 Å². The van der Waals surface area contributed by atoms with Gasteiger partial charge in [0.05, 0.1) is 6.04 Å². The summed E-state index contributed by atoms with van der Waals surface area (Å²) in [5.74, 6) is -0.103. The number of halogens is 3. The molecule has 1 amide bonds. The zero-order valence-corrected chi connectivity index (χ0v) is 18.0. The van der Waals surface area contributed by atoms with Crippen LogP contribution in [0.2, 0.25) is 0 Å². The lowest BCUT2D eigenvalue weighted by Crippen LogP contribution is -2.54. The molecule has 9 heteroatoms. The maximum Gasteiger partial charge on any atom is 0.237 e. The van der Waals surface area contributed by atoms with Crippen molar-refractivity contribution in [1.82, 2.24) is 20.4 Å². The predicted octanol–water partition coefficient (Wildman–Crippen LogP) is 1.20. The Hall–Kier alpha value is -1.12. The molecule has 0 aliphatic carbocycles. The average molecular weight is 436 g/mol. The second kappa shape index (κ2) is 12.4. The molecule has 6 nitrogen and oxygen atoms in total. The van der Waals surface area contributed by atoms with Crippen molar-refractivity contribution in [1.29, 1.82) is 0 Å². The van der Waals surface area contributed by atoms with Gasteiger partial charge in [-0.25, -0.2) is 4.39 Å². The van der Waals surface area contributed by atoms with Crippen LogP contribution in [0.3, 0.4) is 0 Å². The molecular formula is C19H32Cl2FN5O. The van der Waals surface area contributed by atoms with E-state index in [4.69, 9.17) is 0 Å². The number of nitrogens with zero attached hydrogens (tertiary/aromatic N) is 3. The van der Waals surface area contributed by atoms with Gasteiger partial charge in [0.2, 0.25) is 5.91 Å². The number of benzene rings is 1. The fourth-order valence-electron chi connectivity index (χ4n) is 3.60. The van der Waals surface area contributed by atoms with Crippen LogP contribution < -0.4 is 15.5 Å². The maximum atomic E-state index is 13.1. The third-order valence-corrected chi connectivity index (χ3v) is 5.37. The van der Waals surface area contributed by atoms with E-state index >= 15 is 0 Å². The summed E-state index contributed by atoms with van der Waals surface area (Å²) in [7, 11) is 0. The maximum absolute atomic E-state index is 13.1. The van der Waals surface area contributed by atoms with Crippen LogP contribution in [-0.2, 0) is 4.79 Å². The Bertz CT molecular complexity index is 578. The molecule has 160 valence electrons. The Morgan fingerprint density at radius 1 is 1.07 bits per heavy atom. The number of carbonyl (C=O) groups excluding carboxylic acids is 1. The molecular weight excluding hydrogens is 404 g/mol. The van der Waals surface area contributed by atoms with E-state index in [9.17, 15) is 9.18 Å². The Kier molecular flexibility index (Phi) is 11.1. The second-order valence-corrected chi connectivity index (χ2v) is 7.06. The molecule has 2 aliphatic heterocycles. The first-order chi connectivity index (χ1) is 12.6. The van der Waals surface area contributed by atoms with Gasteiger partial charge in [0.25, 0.3) is 0 Å². The first kappa shape index (κ1) is 24.9. The number of carbonyl (C=O) groups is 1. The second-order valence-electron chi connectivity index (χ2n) is 7.06. The third-order valence-electron chi connectivity index (χ3n) is 5.37. The molecule has 1 aromatic carbocycles. The highest BCUT2D eigenvalue weighted by Crippen LogP contribution is 2.17. The van der Waals surface area contributed by atoms with Crippen LogP contribution in [0.15, 0.2) is 24.3 Å². The van der Waals surface area contributed by atoms with Crippen molar-refractivity contribution in [3.05, 3.63) is 30.1 Å². The van der Waals surface area contributed by atoms with Crippen LogP contribution in [0.4, 0.5) is 10.1 Å². The normalized spacial score (nSPS) is 19.3. The number of rotatable bonds is 6. The molecule has 2 aliphatic rings. The Morgan fingerprint density at radius 3 is 2.29 bits per heavy atom. The summed E-state index contributed by atoms with van der Waals surface area (Å²) in [5.41, 5.74) is 1.04. The molecule has 28 heavy (non-hydrogen) atoms. The van der Waals surface area contributed by atoms with Crippen LogP contribution in [0, 0.1) is 5.82 Å². The Morgan fingerprint density at radius 2 is 1.68 bits per heavy atom. The Labute approximate surface area is 179 Å². The van der Waals surface area contributed by atoms with Gasteiger partial charge in [-0.1, -0.05) is 0 Å². The van der Waals surface area contributed by atoms with Crippen molar-refractivity contribution in [2.75, 3.05) is 70.3 Å². The summed E-state index contributed by atoms with van der Waals surface area (Å²) in [6.07, 6.45) is 0. The van der Waals surface area contributed by atoms with Crippen molar-refractivity contribution in [2.24, 2.45) is 0 Å². The summed E-state index contributed by atoms with van der Waals surface area (Å²) in [5, 5.41) is 6.41. The first-order valence-electron chi connectivity index (χ1n) is 9.59. The van der Waals surface area contributed by atoms with E-state index in [0.29, 0.717) is 6.54 Å². The fraction of sp³-hybridized carbons (Fsp3) is 0.632. The monoisotopic (exact) mass is 435 g/mol. The van der Waals surface area contributed by atoms with Gasteiger partial charge in [0.15, 0.2) is 0 Å². The standard InChI is InChI=1S/C19H30FN5O.2ClH/c1-16(19(26)22-8-11-23-9-6-21-7-10-23)24-12-14-25(15-13-24)18-4-2-17(20)3-5-18;;/h2-5,16,21H,6-15H2,1H3,(H,22,26);2*1H. The topological polar surface area (TPSA) is 50.9 Å². The number of anilines is 1. The van der Waals surface area contributed by atoms with Gasteiger partial charge >= 0.3 is 0 Å². The predicted molar refractivity (Wildman–Crippen MR) is 116 cm³/mol. The number of amides is 1.